The number of aryl methyl sites for hydroxylation is 2. The van der Waals surface area contributed by atoms with Gasteiger partial charge in [-0.2, -0.15) is 0 Å². The number of carbonyl (C=O) groups excluding carboxylic acids is 4. The van der Waals surface area contributed by atoms with Crippen LogP contribution in [0.15, 0.2) is 254 Å². The molecule has 16 heteroatoms. The van der Waals surface area contributed by atoms with Gasteiger partial charge in [0.15, 0.2) is 0 Å². The molecule has 0 radical (unpaired) electrons. The van der Waals surface area contributed by atoms with E-state index in [0.717, 1.165) is 138 Å². The number of amides is 4. The number of halogens is 2. The number of ether oxygens (including phenoxy) is 8. The fourth-order valence-corrected chi connectivity index (χ4v) is 22.8. The van der Waals surface area contributed by atoms with Gasteiger partial charge in [0.2, 0.25) is 5.91 Å². The molecule has 2 atom stereocenters. The zero-order valence-electron chi connectivity index (χ0n) is 77.2. The van der Waals surface area contributed by atoms with Crippen LogP contribution in [0, 0.1) is 0 Å². The maximum atomic E-state index is 16.2. The van der Waals surface area contributed by atoms with E-state index in [0.29, 0.717) is 153 Å². The largest absolute Gasteiger partial charge is 0.497 e. The molecule has 2 unspecified atom stereocenters. The van der Waals surface area contributed by atoms with E-state index in [1.54, 1.807) is 28.4 Å². The average Bonchev–Trinajstić information content (AvgIpc) is 0.694. The summed E-state index contributed by atoms with van der Waals surface area (Å²) >= 11 is 15.6. The van der Waals surface area contributed by atoms with Gasteiger partial charge >= 0.3 is 0 Å². The van der Waals surface area contributed by atoms with Gasteiger partial charge < -0.3 is 37.9 Å². The van der Waals surface area contributed by atoms with Gasteiger partial charge in [0.25, 0.3) is 17.7 Å². The summed E-state index contributed by atoms with van der Waals surface area (Å²) in [5.74, 6) is 3.86. The van der Waals surface area contributed by atoms with Gasteiger partial charge in [0, 0.05) is 71.8 Å². The number of methoxy groups -OCH3 is 4. The molecule has 2 bridgehead atoms. The molecule has 670 valence electrons. The van der Waals surface area contributed by atoms with Crippen molar-refractivity contribution in [2.24, 2.45) is 0 Å². The molecule has 0 N–H and O–H groups in total. The number of hydrogen-bond acceptors (Lipinski definition) is 12. The van der Waals surface area contributed by atoms with Crippen LogP contribution in [-0.2, 0) is 17.6 Å². The predicted octanol–water partition coefficient (Wildman–Crippen LogP) is 31.3. The molecule has 2 heterocycles. The SMILES string of the molecule is COc1ccc(OC2=C3c4c(c(Oc5ccc(OC)cc5)cc5c4C(C2)C(=O)N(c2c(C(C)C)cccc2C(C)C)C5=O)-c2ccc(-c4cc5cc6c(cc5cc4Cl)/C=C\c4cc(c5cc(-c7ccc8c9c(Oc%10ccc(OC)cc%10)cc%10c%11c(cc(Oc%12ccc(OC)cc%12)c(c%12cccc7c%128)c%119)C(=O)N(c7c(C(C)C)cccc7C(C)C)C%10=O)c(Cl)cc5c4)CC6)c4c2C3CC=C4)cc1. The van der Waals surface area contributed by atoms with Crippen LogP contribution in [0.2, 0.25) is 10.0 Å². The van der Waals surface area contributed by atoms with E-state index in [9.17, 15) is 0 Å². The van der Waals surface area contributed by atoms with E-state index in [1.165, 1.54) is 15.4 Å². The Balaban J connectivity index is 0.649. The molecule has 14 nitrogen and oxygen atoms in total. The predicted molar refractivity (Wildman–Crippen MR) is 547 cm³/mol. The Morgan fingerprint density at radius 1 is 0.338 bits per heavy atom. The standard InChI is InChI=1S/C120H94Cl2N2O12/c1-61(2)80-17-13-18-81(62(3)4)115(80)123-117(125)95-57-101(133-76-37-29-72(129-9)30-38-76)109-88-23-15-21-86-84(45-47-90(105(86)88)111-103(59-97(119(123)127)107(95)113(109)111)135-78-41-33-74(131-11)34-42-78)93-53-69-51-67-27-28-68-49-65(25-26-66(67)52-70(69)54-99(93)121)50-71-55-100(122)94(56-92(68)71)85-46-48-91-106-87(85)22-16-24-89(106)110-102(134-77-39-31-73(130-10)32-40-77)58-96-108-98(60-104(112(91)114(108)110)136-79-43-35-75(132-12)36-44-79)120(128)124(118(96)126)116-82(63(5)6)19-14-20-83(116)64(7)8/h13-22,24-26,29-56,58-64,88,95H,23,27-28,57H2,1-12H3/b26-25-. The lowest BCUT2D eigenvalue weighted by Crippen LogP contribution is -2.48. The normalized spacial score (nSPS) is 15.5. The Morgan fingerprint density at radius 3 is 1.38 bits per heavy atom. The van der Waals surface area contributed by atoms with E-state index in [-0.39, 0.29) is 41.9 Å². The molecule has 0 fully saturated rings. The number of fused-ring (bicyclic) bond motifs is 10. The lowest BCUT2D eigenvalue weighted by molar-refractivity contribution is -0.119. The first kappa shape index (κ1) is 85.2. The molecule has 4 aliphatic carbocycles. The van der Waals surface area contributed by atoms with E-state index in [2.05, 4.69) is 171 Å². The maximum absolute atomic E-state index is 16.2. The first-order chi connectivity index (χ1) is 66.0. The lowest BCUT2D eigenvalue weighted by Gasteiger charge is -2.44. The molecule has 0 spiro atoms. The van der Waals surface area contributed by atoms with Crippen LogP contribution in [0.25, 0.3) is 122 Å². The Kier molecular flexibility index (Phi) is 20.7. The molecular weight excluding hydrogens is 1730 g/mol. The number of carbonyl (C=O) groups is 4. The zero-order valence-corrected chi connectivity index (χ0v) is 78.8. The van der Waals surface area contributed by atoms with Crippen LogP contribution in [0.1, 0.15) is 202 Å². The average molecular weight is 1830 g/mol. The fourth-order valence-electron chi connectivity index (χ4n) is 22.3. The van der Waals surface area contributed by atoms with Crippen LogP contribution in [0.5, 0.6) is 63.2 Å². The van der Waals surface area contributed by atoms with Crippen LogP contribution in [0.4, 0.5) is 11.4 Å². The third kappa shape index (κ3) is 13.6. The van der Waals surface area contributed by atoms with Gasteiger partial charge in [-0.3, -0.25) is 19.2 Å². The molecule has 6 aliphatic rings. The topological polar surface area (TPSA) is 149 Å². The third-order valence-corrected chi connectivity index (χ3v) is 29.2. The molecule has 0 saturated carbocycles. The van der Waals surface area contributed by atoms with Gasteiger partial charge in [-0.05, 0) is 321 Å². The van der Waals surface area contributed by atoms with Crippen LogP contribution in [0.3, 0.4) is 0 Å². The van der Waals surface area contributed by atoms with Gasteiger partial charge in [0.1, 0.15) is 69.0 Å². The summed E-state index contributed by atoms with van der Waals surface area (Å²) in [6.45, 7) is 16.8. The van der Waals surface area contributed by atoms with Gasteiger partial charge in [0.05, 0.1) is 56.9 Å². The van der Waals surface area contributed by atoms with Gasteiger partial charge in [-0.15, -0.1) is 0 Å². The smallest absolute Gasteiger partial charge is 0.266 e. The van der Waals surface area contributed by atoms with Gasteiger partial charge in [-0.25, -0.2) is 9.80 Å². The summed E-state index contributed by atoms with van der Waals surface area (Å²) in [7, 11) is 6.52. The molecule has 0 aromatic heterocycles. The van der Waals surface area contributed by atoms with E-state index in [4.69, 9.17) is 61.1 Å². The Labute approximate surface area is 797 Å². The Hall–Kier alpha value is -15.0. The molecule has 17 aromatic carbocycles. The quantitative estimate of drug-likeness (QED) is 0.0406. The maximum Gasteiger partial charge on any atom is 0.266 e. The van der Waals surface area contributed by atoms with E-state index >= 15 is 19.2 Å². The number of nitrogens with zero attached hydrogens (tertiary/aromatic N) is 2. The summed E-state index contributed by atoms with van der Waals surface area (Å²) in [6.07, 6.45) is 11.1. The second-order valence-electron chi connectivity index (χ2n) is 37.6. The molecule has 136 heavy (non-hydrogen) atoms. The van der Waals surface area contributed by atoms with Crippen LogP contribution < -0.4 is 47.7 Å². The second kappa shape index (κ2) is 33.0. The zero-order chi connectivity index (χ0) is 93.4. The highest BCUT2D eigenvalue weighted by atomic mass is 35.5. The first-order valence-electron chi connectivity index (χ1n) is 46.6. The second-order valence-corrected chi connectivity index (χ2v) is 38.4. The number of rotatable bonds is 20. The van der Waals surface area contributed by atoms with Crippen molar-refractivity contribution in [2.75, 3.05) is 38.2 Å². The molecule has 23 rings (SSSR count). The highest BCUT2D eigenvalue weighted by Crippen LogP contribution is 2.64. The fraction of sp³-hybridized carbons (Fsp3) is 0.183. The van der Waals surface area contributed by atoms with Crippen molar-refractivity contribution in [3.63, 3.8) is 0 Å². The van der Waals surface area contributed by atoms with E-state index in [1.807, 2.05) is 152 Å². The van der Waals surface area contributed by atoms with Crippen molar-refractivity contribution in [1.82, 2.24) is 0 Å². The lowest BCUT2D eigenvalue weighted by atomic mass is 9.63. The molecule has 2 aliphatic heterocycles. The Morgan fingerprint density at radius 2 is 0.809 bits per heavy atom. The first-order valence-corrected chi connectivity index (χ1v) is 47.3. The number of anilines is 2. The molecule has 4 amide bonds. The summed E-state index contributed by atoms with van der Waals surface area (Å²) in [4.78, 5) is 67.4. The number of imide groups is 2. The minimum absolute atomic E-state index is 0.0103. The minimum Gasteiger partial charge on any atom is -0.497 e. The summed E-state index contributed by atoms with van der Waals surface area (Å²) in [5, 5.41) is 11.3. The number of benzene rings is 17. The van der Waals surface area contributed by atoms with Gasteiger partial charge in [-0.1, -0.05) is 194 Å². The monoisotopic (exact) mass is 1820 g/mol. The Bertz CT molecular complexity index is 7970. The van der Waals surface area contributed by atoms with Crippen molar-refractivity contribution in [1.29, 1.82) is 0 Å². The van der Waals surface area contributed by atoms with Crippen molar-refractivity contribution < 1.29 is 57.1 Å². The number of allylic oxidation sites excluding steroid dienone is 3. The van der Waals surface area contributed by atoms with Crippen molar-refractivity contribution >= 4 is 147 Å². The van der Waals surface area contributed by atoms with Crippen molar-refractivity contribution in [3.8, 4) is 96.6 Å². The summed E-state index contributed by atoms with van der Waals surface area (Å²) in [5.41, 5.74) is 20.0. The molecule has 17 aromatic rings. The number of para-hydroxylation sites is 2. The molecule has 0 saturated heterocycles. The summed E-state index contributed by atoms with van der Waals surface area (Å²) in [6, 6.07) is 80.2. The van der Waals surface area contributed by atoms with Crippen LogP contribution >= 0.6 is 23.2 Å². The van der Waals surface area contributed by atoms with E-state index < -0.39 is 23.6 Å². The minimum atomic E-state index is -0.809. The third-order valence-electron chi connectivity index (χ3n) is 28.6. The highest BCUT2D eigenvalue weighted by molar-refractivity contribution is 6.45. The van der Waals surface area contributed by atoms with Crippen LogP contribution in [-0.4, -0.2) is 52.1 Å². The number of hydrogen-bond donors (Lipinski definition) is 0. The van der Waals surface area contributed by atoms with Crippen molar-refractivity contribution in [2.45, 2.75) is 117 Å². The highest BCUT2D eigenvalue weighted by Gasteiger charge is 2.52. The molecular formula is C120H94Cl2N2O12. The summed E-state index contributed by atoms with van der Waals surface area (Å²) < 4.78 is 51.5. The van der Waals surface area contributed by atoms with Crippen molar-refractivity contribution in [3.05, 3.63) is 348 Å².